The molecule has 2 atom stereocenters. The van der Waals surface area contributed by atoms with Crippen molar-refractivity contribution in [2.75, 3.05) is 0 Å². The van der Waals surface area contributed by atoms with E-state index in [4.69, 9.17) is 5.11 Å². The van der Waals surface area contributed by atoms with E-state index in [1.807, 2.05) is 6.92 Å². The van der Waals surface area contributed by atoms with Crippen molar-refractivity contribution < 1.29 is 23.4 Å². The maximum absolute atomic E-state index is 12.4. The number of aliphatic hydroxyl groups excluding tert-OH is 1. The molecule has 1 heterocycles. The summed E-state index contributed by atoms with van der Waals surface area (Å²) in [5.74, 6) is -1.50. The largest absolute Gasteiger partial charge is 0.479 e. The molecule has 0 saturated heterocycles. The Bertz CT molecular complexity index is 738. The summed E-state index contributed by atoms with van der Waals surface area (Å²) in [6, 6.07) is 6.45. The van der Waals surface area contributed by atoms with Gasteiger partial charge in [-0.2, -0.15) is 11.3 Å². The van der Waals surface area contributed by atoms with Gasteiger partial charge in [0.25, 0.3) is 0 Å². The average molecular weight is 341 g/mol. The van der Waals surface area contributed by atoms with Crippen LogP contribution in [0.25, 0.3) is 0 Å². The second kappa shape index (κ2) is 6.57. The fourth-order valence-electron chi connectivity index (χ4n) is 1.86. The SMILES string of the molecule is Cc1ccc(S(=O)(=O)N[C@H](c2ccsc2)[C@H](O)C(=O)O)cc1. The summed E-state index contributed by atoms with van der Waals surface area (Å²) in [4.78, 5) is 11.0. The minimum Gasteiger partial charge on any atom is -0.479 e. The Morgan fingerprint density at radius 3 is 2.36 bits per heavy atom. The molecule has 22 heavy (non-hydrogen) atoms. The fraction of sp³-hybridized carbons (Fsp3) is 0.214. The number of benzene rings is 1. The van der Waals surface area contributed by atoms with Crippen LogP contribution in [0.15, 0.2) is 46.0 Å². The molecule has 6 nitrogen and oxygen atoms in total. The molecule has 3 N–H and O–H groups in total. The van der Waals surface area contributed by atoms with Crippen molar-refractivity contribution in [2.24, 2.45) is 0 Å². The number of sulfonamides is 1. The molecule has 2 rings (SSSR count). The van der Waals surface area contributed by atoms with Crippen LogP contribution >= 0.6 is 11.3 Å². The van der Waals surface area contributed by atoms with Crippen LogP contribution in [0.1, 0.15) is 17.2 Å². The highest BCUT2D eigenvalue weighted by Crippen LogP contribution is 2.23. The minimum absolute atomic E-state index is 0.0101. The highest BCUT2D eigenvalue weighted by molar-refractivity contribution is 7.89. The highest BCUT2D eigenvalue weighted by atomic mass is 32.2. The number of carboxylic acid groups (broad SMARTS) is 1. The monoisotopic (exact) mass is 341 g/mol. The summed E-state index contributed by atoms with van der Waals surface area (Å²) in [5, 5.41) is 22.0. The Labute approximate surface area is 132 Å². The fourth-order valence-corrected chi connectivity index (χ4v) is 3.79. The molecule has 0 aliphatic heterocycles. The molecule has 0 unspecified atom stereocenters. The van der Waals surface area contributed by atoms with Crippen LogP contribution in [-0.4, -0.2) is 30.7 Å². The smallest absolute Gasteiger partial charge is 0.334 e. The summed E-state index contributed by atoms with van der Waals surface area (Å²) in [7, 11) is -3.95. The van der Waals surface area contributed by atoms with E-state index in [-0.39, 0.29) is 4.90 Å². The van der Waals surface area contributed by atoms with Gasteiger partial charge in [-0.25, -0.2) is 17.9 Å². The van der Waals surface area contributed by atoms with Crippen molar-refractivity contribution in [3.05, 3.63) is 52.2 Å². The third-order valence-corrected chi connectivity index (χ3v) is 5.24. The average Bonchev–Trinajstić information content (AvgIpc) is 2.98. The summed E-state index contributed by atoms with van der Waals surface area (Å²) in [6.45, 7) is 1.83. The number of hydrogen-bond donors (Lipinski definition) is 3. The zero-order valence-corrected chi connectivity index (χ0v) is 13.3. The molecule has 0 saturated carbocycles. The van der Waals surface area contributed by atoms with E-state index in [1.165, 1.54) is 23.5 Å². The first-order valence-electron chi connectivity index (χ1n) is 6.33. The van der Waals surface area contributed by atoms with Gasteiger partial charge in [0.2, 0.25) is 10.0 Å². The van der Waals surface area contributed by atoms with Crippen molar-refractivity contribution in [1.29, 1.82) is 0 Å². The zero-order chi connectivity index (χ0) is 16.3. The van der Waals surface area contributed by atoms with Gasteiger partial charge in [0.15, 0.2) is 6.10 Å². The number of rotatable bonds is 6. The third-order valence-electron chi connectivity index (χ3n) is 3.08. The quantitative estimate of drug-likeness (QED) is 0.739. The molecular formula is C14H15NO5S2. The van der Waals surface area contributed by atoms with Gasteiger partial charge in [-0.1, -0.05) is 17.7 Å². The number of aliphatic carboxylic acids is 1. The Kier molecular flexibility index (Phi) is 4.97. The minimum atomic E-state index is -3.95. The maximum atomic E-state index is 12.4. The van der Waals surface area contributed by atoms with Gasteiger partial charge in [-0.15, -0.1) is 0 Å². The predicted octanol–water partition coefficient (Wildman–Crippen LogP) is 1.52. The van der Waals surface area contributed by atoms with Crippen LogP contribution in [0.2, 0.25) is 0 Å². The predicted molar refractivity (Wildman–Crippen MR) is 82.2 cm³/mol. The summed E-state index contributed by atoms with van der Waals surface area (Å²) < 4.78 is 27.0. The molecule has 0 bridgehead atoms. The van der Waals surface area contributed by atoms with E-state index >= 15 is 0 Å². The highest BCUT2D eigenvalue weighted by Gasteiger charge is 2.32. The zero-order valence-electron chi connectivity index (χ0n) is 11.6. The normalized spacial score (nSPS) is 14.5. The van der Waals surface area contributed by atoms with Gasteiger partial charge in [0, 0.05) is 0 Å². The number of nitrogens with one attached hydrogen (secondary N) is 1. The Hall–Kier alpha value is -1.74. The van der Waals surface area contributed by atoms with Gasteiger partial charge < -0.3 is 10.2 Å². The van der Waals surface area contributed by atoms with E-state index in [2.05, 4.69) is 4.72 Å². The molecule has 0 aliphatic rings. The molecule has 0 fully saturated rings. The van der Waals surface area contributed by atoms with E-state index in [9.17, 15) is 18.3 Å². The maximum Gasteiger partial charge on any atom is 0.334 e. The molecule has 0 amide bonds. The lowest BCUT2D eigenvalue weighted by molar-refractivity contribution is -0.148. The van der Waals surface area contributed by atoms with Crippen molar-refractivity contribution in [1.82, 2.24) is 4.72 Å². The number of aliphatic hydroxyl groups is 1. The second-order valence-electron chi connectivity index (χ2n) is 4.75. The molecule has 0 radical (unpaired) electrons. The lowest BCUT2D eigenvalue weighted by Gasteiger charge is -2.20. The van der Waals surface area contributed by atoms with Crippen molar-refractivity contribution in [3.8, 4) is 0 Å². The first kappa shape index (κ1) is 16.6. The number of thiophene rings is 1. The van der Waals surface area contributed by atoms with Gasteiger partial charge in [-0.05, 0) is 41.4 Å². The number of hydrogen-bond acceptors (Lipinski definition) is 5. The van der Waals surface area contributed by atoms with Crippen LogP contribution in [-0.2, 0) is 14.8 Å². The Morgan fingerprint density at radius 1 is 1.23 bits per heavy atom. The number of carboxylic acids is 1. The second-order valence-corrected chi connectivity index (χ2v) is 7.25. The molecule has 1 aromatic carbocycles. The summed E-state index contributed by atoms with van der Waals surface area (Å²) >= 11 is 1.28. The van der Waals surface area contributed by atoms with Gasteiger partial charge in [-0.3, -0.25) is 0 Å². The summed E-state index contributed by atoms with van der Waals surface area (Å²) in [5.41, 5.74) is 1.30. The van der Waals surface area contributed by atoms with Crippen LogP contribution in [0.4, 0.5) is 0 Å². The van der Waals surface area contributed by atoms with E-state index in [1.54, 1.807) is 29.0 Å². The van der Waals surface area contributed by atoms with E-state index in [0.717, 1.165) is 5.56 Å². The first-order chi connectivity index (χ1) is 10.3. The van der Waals surface area contributed by atoms with Gasteiger partial charge in [0.1, 0.15) is 0 Å². The molecule has 2 aromatic rings. The van der Waals surface area contributed by atoms with Crippen LogP contribution in [0.3, 0.4) is 0 Å². The molecule has 0 spiro atoms. The van der Waals surface area contributed by atoms with E-state index < -0.39 is 28.1 Å². The standard InChI is InChI=1S/C14H15NO5S2/c1-9-2-4-11(5-3-9)22(19,20)15-12(13(16)14(17)18)10-6-7-21-8-10/h2-8,12-13,15-16H,1H3,(H,17,18)/t12-,13+/m1/s1. The number of carbonyl (C=O) groups is 1. The lowest BCUT2D eigenvalue weighted by atomic mass is 10.1. The lowest BCUT2D eigenvalue weighted by Crippen LogP contribution is -2.40. The van der Waals surface area contributed by atoms with Crippen LogP contribution < -0.4 is 4.72 Å². The van der Waals surface area contributed by atoms with Crippen molar-refractivity contribution in [2.45, 2.75) is 24.0 Å². The van der Waals surface area contributed by atoms with Crippen LogP contribution in [0, 0.1) is 6.92 Å². The first-order valence-corrected chi connectivity index (χ1v) is 8.76. The van der Waals surface area contributed by atoms with Crippen molar-refractivity contribution >= 4 is 27.3 Å². The summed E-state index contributed by atoms with van der Waals surface area (Å²) in [6.07, 6.45) is -1.88. The third kappa shape index (κ3) is 3.72. The molecule has 8 heteroatoms. The van der Waals surface area contributed by atoms with Crippen LogP contribution in [0.5, 0.6) is 0 Å². The topological polar surface area (TPSA) is 104 Å². The molecule has 118 valence electrons. The van der Waals surface area contributed by atoms with E-state index in [0.29, 0.717) is 5.56 Å². The Balaban J connectivity index is 2.34. The van der Waals surface area contributed by atoms with Gasteiger partial charge >= 0.3 is 5.97 Å². The Morgan fingerprint density at radius 2 is 1.86 bits per heavy atom. The van der Waals surface area contributed by atoms with Crippen molar-refractivity contribution in [3.63, 3.8) is 0 Å². The van der Waals surface area contributed by atoms with Gasteiger partial charge in [0.05, 0.1) is 10.9 Å². The number of aryl methyl sites for hydroxylation is 1. The molecule has 1 aromatic heterocycles. The molecule has 0 aliphatic carbocycles. The molecular weight excluding hydrogens is 326 g/mol.